The zero-order chi connectivity index (χ0) is 13.8. The number of aromatic carboxylic acids is 1. The number of carboxylic acid groups (broad SMARTS) is 1. The Labute approximate surface area is 106 Å². The fourth-order valence-electron chi connectivity index (χ4n) is 1.46. The van der Waals surface area contributed by atoms with Gasteiger partial charge in [-0.1, -0.05) is 0 Å². The molecule has 2 N–H and O–H groups in total. The van der Waals surface area contributed by atoms with Crippen molar-refractivity contribution in [1.29, 1.82) is 0 Å². The van der Waals surface area contributed by atoms with Gasteiger partial charge in [-0.05, 0) is 18.2 Å². The molecule has 0 bridgehead atoms. The average molecular weight is 265 g/mol. The van der Waals surface area contributed by atoms with Gasteiger partial charge in [0.05, 0.1) is 23.5 Å². The third kappa shape index (κ3) is 2.82. The minimum Gasteiger partial charge on any atom is -0.478 e. The van der Waals surface area contributed by atoms with Gasteiger partial charge in [-0.2, -0.15) is 0 Å². The molecule has 0 spiro atoms. The third-order valence-electron chi connectivity index (χ3n) is 2.42. The number of nitrogens with one attached hydrogen (secondary N) is 1. The summed E-state index contributed by atoms with van der Waals surface area (Å²) in [5.41, 5.74) is -0.233. The van der Waals surface area contributed by atoms with Crippen LogP contribution in [0.3, 0.4) is 0 Å². The van der Waals surface area contributed by atoms with Crippen LogP contribution in [0, 0.1) is 11.6 Å². The second kappa shape index (κ2) is 5.38. The van der Waals surface area contributed by atoms with E-state index in [0.29, 0.717) is 5.69 Å². The Morgan fingerprint density at radius 1 is 1.26 bits per heavy atom. The fourth-order valence-corrected chi connectivity index (χ4v) is 1.46. The largest absolute Gasteiger partial charge is 0.478 e. The van der Waals surface area contributed by atoms with Gasteiger partial charge in [0.15, 0.2) is 11.6 Å². The second-order valence-corrected chi connectivity index (χ2v) is 3.65. The zero-order valence-electron chi connectivity index (χ0n) is 9.60. The number of benzene rings is 1. The van der Waals surface area contributed by atoms with Crippen molar-refractivity contribution in [1.82, 2.24) is 9.97 Å². The molecule has 0 aliphatic carbocycles. The fraction of sp³-hybridized carbons (Fsp3) is 0.0833. The van der Waals surface area contributed by atoms with E-state index in [1.165, 1.54) is 18.6 Å². The van der Waals surface area contributed by atoms with E-state index >= 15 is 0 Å². The highest BCUT2D eigenvalue weighted by molar-refractivity contribution is 5.88. The molecule has 98 valence electrons. The van der Waals surface area contributed by atoms with Gasteiger partial charge >= 0.3 is 5.97 Å². The molecular formula is C12H9F2N3O2. The van der Waals surface area contributed by atoms with Crippen LogP contribution in [-0.2, 0) is 6.54 Å². The Morgan fingerprint density at radius 2 is 2.05 bits per heavy atom. The molecule has 0 aliphatic heterocycles. The predicted molar refractivity (Wildman–Crippen MR) is 62.7 cm³/mol. The Bertz CT molecular complexity index is 605. The van der Waals surface area contributed by atoms with E-state index < -0.39 is 23.2 Å². The first-order chi connectivity index (χ1) is 9.09. The predicted octanol–water partition coefficient (Wildman–Crippen LogP) is 2.07. The summed E-state index contributed by atoms with van der Waals surface area (Å²) < 4.78 is 27.0. The Hall–Kier alpha value is -2.57. The molecule has 0 fully saturated rings. The van der Waals surface area contributed by atoms with Crippen LogP contribution in [0.4, 0.5) is 14.5 Å². The minimum atomic E-state index is -1.52. The molecule has 2 aromatic rings. The molecular weight excluding hydrogens is 256 g/mol. The number of nitrogens with zero attached hydrogens (tertiary/aromatic N) is 2. The van der Waals surface area contributed by atoms with E-state index in [9.17, 15) is 13.6 Å². The average Bonchev–Trinajstić information content (AvgIpc) is 2.41. The number of anilines is 1. The van der Waals surface area contributed by atoms with Crippen molar-refractivity contribution in [3.8, 4) is 0 Å². The smallest absolute Gasteiger partial charge is 0.338 e. The van der Waals surface area contributed by atoms with Crippen LogP contribution in [0.25, 0.3) is 0 Å². The molecule has 0 unspecified atom stereocenters. The SMILES string of the molecule is O=C(O)c1ccc(NCc2ccncn2)c(F)c1F. The van der Waals surface area contributed by atoms with E-state index in [-0.39, 0.29) is 12.2 Å². The van der Waals surface area contributed by atoms with E-state index in [1.54, 1.807) is 6.07 Å². The second-order valence-electron chi connectivity index (χ2n) is 3.65. The molecule has 0 atom stereocenters. The van der Waals surface area contributed by atoms with Crippen LogP contribution in [0.5, 0.6) is 0 Å². The van der Waals surface area contributed by atoms with Crippen molar-refractivity contribution in [2.24, 2.45) is 0 Å². The van der Waals surface area contributed by atoms with Crippen LogP contribution in [0.1, 0.15) is 16.1 Å². The monoisotopic (exact) mass is 265 g/mol. The lowest BCUT2D eigenvalue weighted by molar-refractivity contribution is 0.0690. The van der Waals surface area contributed by atoms with Gasteiger partial charge in [0.2, 0.25) is 0 Å². The van der Waals surface area contributed by atoms with Crippen molar-refractivity contribution in [3.63, 3.8) is 0 Å². The maximum atomic E-state index is 13.6. The lowest BCUT2D eigenvalue weighted by Crippen LogP contribution is -2.08. The molecule has 0 saturated carbocycles. The van der Waals surface area contributed by atoms with Crippen molar-refractivity contribution in [2.75, 3.05) is 5.32 Å². The summed E-state index contributed by atoms with van der Waals surface area (Å²) in [6.45, 7) is 0.172. The van der Waals surface area contributed by atoms with Crippen LogP contribution < -0.4 is 5.32 Å². The number of aromatic nitrogens is 2. The quantitative estimate of drug-likeness (QED) is 0.885. The van der Waals surface area contributed by atoms with E-state index in [4.69, 9.17) is 5.11 Å². The molecule has 0 radical (unpaired) electrons. The van der Waals surface area contributed by atoms with Crippen molar-refractivity contribution >= 4 is 11.7 Å². The summed E-state index contributed by atoms with van der Waals surface area (Å²) in [7, 11) is 0. The number of rotatable bonds is 4. The van der Waals surface area contributed by atoms with Crippen molar-refractivity contribution in [3.05, 3.63) is 53.6 Å². The van der Waals surface area contributed by atoms with Crippen LogP contribution in [-0.4, -0.2) is 21.0 Å². The molecule has 0 saturated heterocycles. The Kier molecular flexibility index (Phi) is 3.65. The summed E-state index contributed by atoms with van der Waals surface area (Å²) in [5.74, 6) is -4.13. The van der Waals surface area contributed by atoms with Crippen LogP contribution in [0.2, 0.25) is 0 Å². The van der Waals surface area contributed by atoms with E-state index in [1.807, 2.05) is 0 Å². The third-order valence-corrected chi connectivity index (χ3v) is 2.42. The van der Waals surface area contributed by atoms with Crippen LogP contribution >= 0.6 is 0 Å². The Balaban J connectivity index is 2.18. The zero-order valence-corrected chi connectivity index (χ0v) is 9.60. The van der Waals surface area contributed by atoms with Crippen molar-refractivity contribution < 1.29 is 18.7 Å². The topological polar surface area (TPSA) is 75.1 Å². The Morgan fingerprint density at radius 3 is 2.68 bits per heavy atom. The summed E-state index contributed by atoms with van der Waals surface area (Å²) in [5, 5.41) is 11.3. The first-order valence-electron chi connectivity index (χ1n) is 5.29. The molecule has 0 amide bonds. The van der Waals surface area contributed by atoms with Gasteiger partial charge in [-0.25, -0.2) is 23.5 Å². The van der Waals surface area contributed by atoms with Gasteiger partial charge in [0, 0.05) is 6.20 Å². The molecule has 1 aromatic carbocycles. The lowest BCUT2D eigenvalue weighted by atomic mass is 10.2. The number of hydrogen-bond acceptors (Lipinski definition) is 4. The van der Waals surface area contributed by atoms with Gasteiger partial charge in [-0.15, -0.1) is 0 Å². The highest BCUT2D eigenvalue weighted by Crippen LogP contribution is 2.21. The molecule has 0 aliphatic rings. The number of halogens is 2. The summed E-state index contributed by atoms with van der Waals surface area (Å²) in [4.78, 5) is 18.3. The maximum absolute atomic E-state index is 13.6. The minimum absolute atomic E-state index is 0.124. The van der Waals surface area contributed by atoms with Gasteiger partial charge in [0.1, 0.15) is 6.33 Å². The van der Waals surface area contributed by atoms with Gasteiger partial charge < -0.3 is 10.4 Å². The number of carboxylic acids is 1. The summed E-state index contributed by atoms with van der Waals surface area (Å²) in [6, 6.07) is 3.79. The van der Waals surface area contributed by atoms with Gasteiger partial charge in [0.25, 0.3) is 0 Å². The molecule has 19 heavy (non-hydrogen) atoms. The van der Waals surface area contributed by atoms with Crippen LogP contribution in [0.15, 0.2) is 30.7 Å². The summed E-state index contributed by atoms with van der Waals surface area (Å²) in [6.07, 6.45) is 2.86. The van der Waals surface area contributed by atoms with E-state index in [2.05, 4.69) is 15.3 Å². The molecule has 7 heteroatoms. The molecule has 2 rings (SSSR count). The first kappa shape index (κ1) is 12.9. The van der Waals surface area contributed by atoms with Gasteiger partial charge in [-0.3, -0.25) is 0 Å². The molecule has 1 heterocycles. The lowest BCUT2D eigenvalue weighted by Gasteiger charge is -2.08. The number of hydrogen-bond donors (Lipinski definition) is 2. The first-order valence-corrected chi connectivity index (χ1v) is 5.29. The molecule has 1 aromatic heterocycles. The normalized spacial score (nSPS) is 10.2. The van der Waals surface area contributed by atoms with Crippen molar-refractivity contribution in [2.45, 2.75) is 6.54 Å². The highest BCUT2D eigenvalue weighted by Gasteiger charge is 2.17. The maximum Gasteiger partial charge on any atom is 0.338 e. The van der Waals surface area contributed by atoms with E-state index in [0.717, 1.165) is 6.07 Å². The standard InChI is InChI=1S/C12H9F2N3O2/c13-10-8(12(18)19)1-2-9(11(10)14)16-5-7-3-4-15-6-17-7/h1-4,6,16H,5H2,(H,18,19). The highest BCUT2D eigenvalue weighted by atomic mass is 19.2. The number of carbonyl (C=O) groups is 1. The summed E-state index contributed by atoms with van der Waals surface area (Å²) >= 11 is 0. The molecule has 5 nitrogen and oxygen atoms in total.